The molecule has 6 nitrogen and oxygen atoms in total. The van der Waals surface area contributed by atoms with Gasteiger partial charge in [-0.2, -0.15) is 4.98 Å². The van der Waals surface area contributed by atoms with Gasteiger partial charge in [0, 0.05) is 12.7 Å². The van der Waals surface area contributed by atoms with Gasteiger partial charge >= 0.3 is 0 Å². The summed E-state index contributed by atoms with van der Waals surface area (Å²) in [6.45, 7) is 2.27. The summed E-state index contributed by atoms with van der Waals surface area (Å²) in [5.74, 6) is 2.10. The Hall–Kier alpha value is -1.95. The van der Waals surface area contributed by atoms with E-state index in [0.717, 1.165) is 18.4 Å². The van der Waals surface area contributed by atoms with Crippen molar-refractivity contribution in [2.45, 2.75) is 38.7 Å². The van der Waals surface area contributed by atoms with Crippen LogP contribution < -0.4 is 5.32 Å². The van der Waals surface area contributed by atoms with Crippen molar-refractivity contribution in [2.75, 3.05) is 11.9 Å². The van der Waals surface area contributed by atoms with E-state index in [9.17, 15) is 5.11 Å². The van der Waals surface area contributed by atoms with Gasteiger partial charge in [0.1, 0.15) is 5.82 Å². The smallest absolute Gasteiger partial charge is 0.261 e. The fourth-order valence-electron chi connectivity index (χ4n) is 2.84. The zero-order valence-corrected chi connectivity index (χ0v) is 12.1. The molecule has 0 saturated heterocycles. The van der Waals surface area contributed by atoms with E-state index in [-0.39, 0.29) is 6.10 Å². The minimum Gasteiger partial charge on any atom is -0.391 e. The van der Waals surface area contributed by atoms with Gasteiger partial charge in [0.25, 0.3) is 5.89 Å². The predicted octanol–water partition coefficient (Wildman–Crippen LogP) is 2.40. The van der Waals surface area contributed by atoms with Gasteiger partial charge in [0.05, 0.1) is 11.7 Å². The lowest BCUT2D eigenvalue weighted by Crippen LogP contribution is -2.27. The molecule has 0 aromatic carbocycles. The van der Waals surface area contributed by atoms with Gasteiger partial charge in [-0.25, -0.2) is 4.98 Å². The molecular formula is C15H20N4O2. The van der Waals surface area contributed by atoms with Crippen molar-refractivity contribution in [3.05, 3.63) is 24.2 Å². The lowest BCUT2D eigenvalue weighted by molar-refractivity contribution is 0.123. The first-order chi connectivity index (χ1) is 10.2. The van der Waals surface area contributed by atoms with Crippen LogP contribution in [-0.4, -0.2) is 32.9 Å². The van der Waals surface area contributed by atoms with E-state index in [1.54, 1.807) is 13.1 Å². The van der Waals surface area contributed by atoms with E-state index in [4.69, 9.17) is 4.52 Å². The maximum Gasteiger partial charge on any atom is 0.261 e. The van der Waals surface area contributed by atoms with Crippen molar-refractivity contribution in [1.82, 2.24) is 15.1 Å². The molecule has 0 amide bonds. The second kappa shape index (κ2) is 6.22. The van der Waals surface area contributed by atoms with Crippen LogP contribution in [0.1, 0.15) is 31.5 Å². The Labute approximate surface area is 123 Å². The summed E-state index contributed by atoms with van der Waals surface area (Å²) in [5.41, 5.74) is 0.761. The number of aliphatic hydroxyl groups excluding tert-OH is 1. The molecular weight excluding hydrogens is 268 g/mol. The number of aromatic nitrogens is 3. The van der Waals surface area contributed by atoms with Gasteiger partial charge in [-0.3, -0.25) is 0 Å². The Bertz CT molecular complexity index is 593. The minimum absolute atomic E-state index is 0.341. The van der Waals surface area contributed by atoms with Crippen molar-refractivity contribution in [2.24, 2.45) is 5.92 Å². The van der Waals surface area contributed by atoms with Gasteiger partial charge in [0.15, 0.2) is 5.82 Å². The van der Waals surface area contributed by atoms with Crippen molar-refractivity contribution < 1.29 is 9.63 Å². The summed E-state index contributed by atoms with van der Waals surface area (Å²) in [6, 6.07) is 3.71. The summed E-state index contributed by atoms with van der Waals surface area (Å²) >= 11 is 0. The first-order valence-electron chi connectivity index (χ1n) is 7.41. The number of nitrogens with zero attached hydrogens (tertiary/aromatic N) is 3. The van der Waals surface area contributed by atoms with Crippen LogP contribution in [0.25, 0.3) is 11.5 Å². The molecule has 1 fully saturated rings. The number of hydrogen-bond donors (Lipinski definition) is 2. The molecule has 0 spiro atoms. The van der Waals surface area contributed by atoms with Gasteiger partial charge in [-0.15, -0.1) is 0 Å². The Morgan fingerprint density at radius 3 is 2.95 bits per heavy atom. The van der Waals surface area contributed by atoms with Crippen LogP contribution >= 0.6 is 0 Å². The maximum absolute atomic E-state index is 10.2. The Morgan fingerprint density at radius 2 is 2.24 bits per heavy atom. The van der Waals surface area contributed by atoms with Crippen LogP contribution in [0, 0.1) is 12.8 Å². The average molecular weight is 288 g/mol. The third kappa shape index (κ3) is 3.21. The number of aryl methyl sites for hydroxylation is 1. The van der Waals surface area contributed by atoms with Crippen LogP contribution in [0.3, 0.4) is 0 Å². The molecule has 0 bridgehead atoms. The number of hydrogen-bond acceptors (Lipinski definition) is 6. The number of pyridine rings is 1. The van der Waals surface area contributed by atoms with Crippen LogP contribution in [0.5, 0.6) is 0 Å². The highest BCUT2D eigenvalue weighted by atomic mass is 16.5. The van der Waals surface area contributed by atoms with E-state index < -0.39 is 0 Å². The second-order valence-corrected chi connectivity index (χ2v) is 5.54. The molecule has 2 aromatic rings. The van der Waals surface area contributed by atoms with E-state index in [1.165, 1.54) is 12.8 Å². The van der Waals surface area contributed by atoms with Crippen LogP contribution in [-0.2, 0) is 0 Å². The fraction of sp³-hybridized carbons (Fsp3) is 0.533. The number of aliphatic hydroxyl groups is 1. The quantitative estimate of drug-likeness (QED) is 0.879. The Morgan fingerprint density at radius 1 is 1.43 bits per heavy atom. The summed E-state index contributed by atoms with van der Waals surface area (Å²) in [7, 11) is 0. The highest BCUT2D eigenvalue weighted by Gasteiger charge is 2.23. The van der Waals surface area contributed by atoms with E-state index in [1.807, 2.05) is 12.1 Å². The van der Waals surface area contributed by atoms with E-state index in [0.29, 0.717) is 30.0 Å². The van der Waals surface area contributed by atoms with Crippen LogP contribution in [0.4, 0.5) is 5.82 Å². The summed E-state index contributed by atoms with van der Waals surface area (Å²) < 4.78 is 5.19. The van der Waals surface area contributed by atoms with Crippen molar-refractivity contribution in [3.63, 3.8) is 0 Å². The first-order valence-corrected chi connectivity index (χ1v) is 7.41. The van der Waals surface area contributed by atoms with E-state index >= 15 is 0 Å². The summed E-state index contributed by atoms with van der Waals surface area (Å²) in [5, 5.41) is 17.2. The largest absolute Gasteiger partial charge is 0.391 e. The van der Waals surface area contributed by atoms with Gasteiger partial charge in [0.2, 0.25) is 0 Å². The molecule has 1 aliphatic carbocycles. The third-order valence-corrected chi connectivity index (χ3v) is 3.99. The van der Waals surface area contributed by atoms with Crippen LogP contribution in [0.2, 0.25) is 0 Å². The molecule has 1 aliphatic rings. The fourth-order valence-corrected chi connectivity index (χ4v) is 2.84. The van der Waals surface area contributed by atoms with Crippen molar-refractivity contribution in [3.8, 4) is 11.5 Å². The molecule has 21 heavy (non-hydrogen) atoms. The average Bonchev–Trinajstić information content (AvgIpc) is 3.16. The molecule has 2 aromatic heterocycles. The molecule has 0 radical (unpaired) electrons. The standard InChI is InChI=1S/C15H20N4O2/c1-10-18-15(21-19-10)12-7-4-8-16-14(12)17-9-13(20)11-5-2-3-6-11/h4,7-8,11,13,20H,2-3,5-6,9H2,1H3,(H,16,17)/t13-/m0/s1. The topological polar surface area (TPSA) is 84.1 Å². The van der Waals surface area contributed by atoms with Crippen LogP contribution in [0.15, 0.2) is 22.9 Å². The zero-order chi connectivity index (χ0) is 14.7. The predicted molar refractivity (Wildman–Crippen MR) is 78.7 cm³/mol. The van der Waals surface area contributed by atoms with Crippen molar-refractivity contribution >= 4 is 5.82 Å². The molecule has 1 atom stereocenters. The second-order valence-electron chi connectivity index (χ2n) is 5.54. The number of nitrogens with one attached hydrogen (secondary N) is 1. The minimum atomic E-state index is -0.341. The van der Waals surface area contributed by atoms with Gasteiger partial charge < -0.3 is 14.9 Å². The van der Waals surface area contributed by atoms with Gasteiger partial charge in [-0.05, 0) is 37.8 Å². The lowest BCUT2D eigenvalue weighted by atomic mass is 10.0. The molecule has 6 heteroatoms. The Kier molecular flexibility index (Phi) is 4.15. The monoisotopic (exact) mass is 288 g/mol. The summed E-state index contributed by atoms with van der Waals surface area (Å²) in [4.78, 5) is 8.54. The molecule has 3 rings (SSSR count). The molecule has 112 valence electrons. The first kappa shape index (κ1) is 14.0. The SMILES string of the molecule is Cc1noc(-c2cccnc2NC[C@H](O)C2CCCC2)n1. The molecule has 1 saturated carbocycles. The zero-order valence-electron chi connectivity index (χ0n) is 12.1. The highest BCUT2D eigenvalue weighted by molar-refractivity contribution is 5.68. The summed E-state index contributed by atoms with van der Waals surface area (Å²) in [6.07, 6.45) is 6.03. The third-order valence-electron chi connectivity index (χ3n) is 3.99. The molecule has 0 aliphatic heterocycles. The number of rotatable bonds is 5. The Balaban J connectivity index is 1.70. The molecule has 0 unspecified atom stereocenters. The lowest BCUT2D eigenvalue weighted by Gasteiger charge is -2.18. The number of anilines is 1. The molecule has 2 heterocycles. The maximum atomic E-state index is 10.2. The normalized spacial score (nSPS) is 17.0. The molecule has 2 N–H and O–H groups in total. The highest BCUT2D eigenvalue weighted by Crippen LogP contribution is 2.29. The van der Waals surface area contributed by atoms with E-state index in [2.05, 4.69) is 20.4 Å². The van der Waals surface area contributed by atoms with Crippen molar-refractivity contribution in [1.29, 1.82) is 0 Å². The van der Waals surface area contributed by atoms with Gasteiger partial charge in [-0.1, -0.05) is 18.0 Å².